The Morgan fingerprint density at radius 3 is 2.87 bits per heavy atom. The van der Waals surface area contributed by atoms with E-state index in [1.807, 2.05) is 13.8 Å². The Bertz CT molecular complexity index is 351. The second-order valence-corrected chi connectivity index (χ2v) is 5.81. The molecule has 0 spiro atoms. The van der Waals surface area contributed by atoms with Crippen LogP contribution in [0.4, 0.5) is 0 Å². The van der Waals surface area contributed by atoms with Crippen LogP contribution in [0.25, 0.3) is 0 Å². The van der Waals surface area contributed by atoms with Gasteiger partial charge >= 0.3 is 0 Å². The molecule has 2 heterocycles. The van der Waals surface area contributed by atoms with Gasteiger partial charge in [-0.2, -0.15) is 0 Å². The van der Waals surface area contributed by atoms with E-state index in [1.54, 1.807) is 11.3 Å². The molecule has 0 aliphatic carbocycles. The molecule has 0 fully saturated rings. The van der Waals surface area contributed by atoms with E-state index in [-0.39, 0.29) is 5.54 Å². The Kier molecular flexibility index (Phi) is 2.83. The van der Waals surface area contributed by atoms with E-state index in [1.165, 1.54) is 10.6 Å². The van der Waals surface area contributed by atoms with Gasteiger partial charge in [0.15, 0.2) is 0 Å². The van der Waals surface area contributed by atoms with Crippen molar-refractivity contribution in [3.63, 3.8) is 0 Å². The molecule has 0 radical (unpaired) electrons. The van der Waals surface area contributed by atoms with Crippen LogP contribution in [0.3, 0.4) is 0 Å². The highest BCUT2D eigenvalue weighted by Gasteiger charge is 2.25. The average molecular weight is 225 g/mol. The third-order valence-electron chi connectivity index (χ3n) is 2.81. The van der Waals surface area contributed by atoms with Gasteiger partial charge in [0.05, 0.1) is 11.2 Å². The van der Waals surface area contributed by atoms with Crippen LogP contribution in [0.2, 0.25) is 0 Å². The Hall–Kier alpha value is -0.450. The van der Waals surface area contributed by atoms with Crippen LogP contribution in [0.1, 0.15) is 36.3 Å². The topological polar surface area (TPSA) is 42.2 Å². The SMILES string of the molecule is CCN1CCc2nc(C(C)(C)N)sc2C1. The molecular formula is C11H19N3S. The lowest BCUT2D eigenvalue weighted by Gasteiger charge is -2.23. The third kappa shape index (κ3) is 2.22. The highest BCUT2D eigenvalue weighted by molar-refractivity contribution is 7.11. The molecule has 1 aliphatic rings. The molecule has 1 aromatic rings. The number of nitrogens with two attached hydrogens (primary N) is 1. The minimum absolute atomic E-state index is 0.293. The van der Waals surface area contributed by atoms with Gasteiger partial charge in [0.1, 0.15) is 5.01 Å². The van der Waals surface area contributed by atoms with Crippen molar-refractivity contribution in [2.75, 3.05) is 13.1 Å². The van der Waals surface area contributed by atoms with Gasteiger partial charge in [-0.05, 0) is 20.4 Å². The predicted octanol–water partition coefficient (Wildman–Crippen LogP) is 1.71. The lowest BCUT2D eigenvalue weighted by atomic mass is 10.1. The first-order valence-corrected chi connectivity index (χ1v) is 6.32. The summed E-state index contributed by atoms with van der Waals surface area (Å²) in [5.74, 6) is 0. The third-order valence-corrected chi connectivity index (χ3v) is 4.23. The minimum Gasteiger partial charge on any atom is -0.320 e. The van der Waals surface area contributed by atoms with E-state index in [9.17, 15) is 0 Å². The highest BCUT2D eigenvalue weighted by atomic mass is 32.1. The smallest absolute Gasteiger partial charge is 0.113 e. The van der Waals surface area contributed by atoms with Gasteiger partial charge < -0.3 is 5.73 Å². The summed E-state index contributed by atoms with van der Waals surface area (Å²) in [4.78, 5) is 8.52. The van der Waals surface area contributed by atoms with Gasteiger partial charge in [-0.25, -0.2) is 4.98 Å². The fraction of sp³-hybridized carbons (Fsp3) is 0.727. The molecule has 84 valence electrons. The zero-order valence-corrected chi connectivity index (χ0v) is 10.5. The summed E-state index contributed by atoms with van der Waals surface area (Å²) in [5, 5.41) is 1.07. The van der Waals surface area contributed by atoms with Gasteiger partial charge in [-0.15, -0.1) is 11.3 Å². The normalized spacial score (nSPS) is 17.9. The number of likely N-dealkylation sites (N-methyl/N-ethyl adjacent to an activating group) is 1. The Morgan fingerprint density at radius 1 is 1.53 bits per heavy atom. The molecule has 0 bridgehead atoms. The molecule has 2 N–H and O–H groups in total. The quantitative estimate of drug-likeness (QED) is 0.833. The van der Waals surface area contributed by atoms with E-state index in [0.717, 1.165) is 31.1 Å². The van der Waals surface area contributed by atoms with Crippen LogP contribution in [0.5, 0.6) is 0 Å². The zero-order chi connectivity index (χ0) is 11.1. The fourth-order valence-corrected chi connectivity index (χ4v) is 2.96. The van der Waals surface area contributed by atoms with E-state index in [0.29, 0.717) is 0 Å². The second kappa shape index (κ2) is 3.85. The van der Waals surface area contributed by atoms with Crippen molar-refractivity contribution in [1.82, 2.24) is 9.88 Å². The molecule has 0 unspecified atom stereocenters. The number of fused-ring (bicyclic) bond motifs is 1. The summed E-state index contributed by atoms with van der Waals surface area (Å²) in [5.41, 5.74) is 7.05. The number of hydrogen-bond acceptors (Lipinski definition) is 4. The molecular weight excluding hydrogens is 206 g/mol. The van der Waals surface area contributed by atoms with Crippen LogP contribution in [-0.4, -0.2) is 23.0 Å². The molecule has 3 nitrogen and oxygen atoms in total. The highest BCUT2D eigenvalue weighted by Crippen LogP contribution is 2.29. The van der Waals surface area contributed by atoms with E-state index in [4.69, 9.17) is 5.73 Å². The van der Waals surface area contributed by atoms with Gasteiger partial charge in [0, 0.05) is 24.4 Å². The lowest BCUT2D eigenvalue weighted by Crippen LogP contribution is -2.29. The molecule has 15 heavy (non-hydrogen) atoms. The van der Waals surface area contributed by atoms with Crippen LogP contribution in [-0.2, 0) is 18.5 Å². The maximum atomic E-state index is 6.07. The van der Waals surface area contributed by atoms with Gasteiger partial charge in [-0.1, -0.05) is 6.92 Å². The number of thiazole rings is 1. The van der Waals surface area contributed by atoms with Crippen molar-refractivity contribution in [3.8, 4) is 0 Å². The van der Waals surface area contributed by atoms with Gasteiger partial charge in [0.2, 0.25) is 0 Å². The maximum absolute atomic E-state index is 6.07. The van der Waals surface area contributed by atoms with E-state index < -0.39 is 0 Å². The number of rotatable bonds is 2. The van der Waals surface area contributed by atoms with Gasteiger partial charge in [0.25, 0.3) is 0 Å². The van der Waals surface area contributed by atoms with Gasteiger partial charge in [-0.3, -0.25) is 4.90 Å². The Morgan fingerprint density at radius 2 is 2.27 bits per heavy atom. The predicted molar refractivity (Wildman–Crippen MR) is 64.0 cm³/mol. The number of hydrogen-bond donors (Lipinski definition) is 1. The van der Waals surface area contributed by atoms with Crippen LogP contribution in [0, 0.1) is 0 Å². The second-order valence-electron chi connectivity index (χ2n) is 4.73. The monoisotopic (exact) mass is 225 g/mol. The first-order chi connectivity index (χ1) is 7.00. The standard InChI is InChI=1S/C11H19N3S/c1-4-14-6-5-8-9(7-14)15-10(13-8)11(2,3)12/h4-7,12H2,1-3H3. The van der Waals surface area contributed by atoms with Crippen LogP contribution >= 0.6 is 11.3 Å². The summed E-state index contributed by atoms with van der Waals surface area (Å²) in [7, 11) is 0. The first kappa shape index (κ1) is 11.0. The first-order valence-electron chi connectivity index (χ1n) is 5.51. The van der Waals surface area contributed by atoms with Crippen molar-refractivity contribution in [2.24, 2.45) is 5.73 Å². The number of nitrogens with zero attached hydrogens (tertiary/aromatic N) is 2. The number of aromatic nitrogens is 1. The summed E-state index contributed by atoms with van der Waals surface area (Å²) in [6.45, 7) is 9.57. The maximum Gasteiger partial charge on any atom is 0.113 e. The van der Waals surface area contributed by atoms with Crippen molar-refractivity contribution in [2.45, 2.75) is 39.3 Å². The molecule has 1 aliphatic heterocycles. The fourth-order valence-electron chi connectivity index (χ4n) is 1.79. The molecule has 0 amide bonds. The molecule has 0 aromatic carbocycles. The summed E-state index contributed by atoms with van der Waals surface area (Å²) in [6.07, 6.45) is 1.08. The minimum atomic E-state index is -0.293. The molecule has 2 rings (SSSR count). The van der Waals surface area contributed by atoms with Crippen molar-refractivity contribution >= 4 is 11.3 Å². The van der Waals surface area contributed by atoms with E-state index in [2.05, 4.69) is 16.8 Å². The average Bonchev–Trinajstić information content (AvgIpc) is 2.59. The molecule has 0 atom stereocenters. The van der Waals surface area contributed by atoms with Crippen molar-refractivity contribution in [3.05, 3.63) is 15.6 Å². The summed E-state index contributed by atoms with van der Waals surface area (Å²) < 4.78 is 0. The van der Waals surface area contributed by atoms with Crippen molar-refractivity contribution in [1.29, 1.82) is 0 Å². The molecule has 0 saturated carbocycles. The molecule has 1 aromatic heterocycles. The summed E-state index contributed by atoms with van der Waals surface area (Å²) in [6, 6.07) is 0. The largest absolute Gasteiger partial charge is 0.320 e. The summed E-state index contributed by atoms with van der Waals surface area (Å²) >= 11 is 1.78. The van der Waals surface area contributed by atoms with Crippen LogP contribution in [0.15, 0.2) is 0 Å². The van der Waals surface area contributed by atoms with Crippen LogP contribution < -0.4 is 5.73 Å². The Balaban J connectivity index is 2.26. The molecule has 4 heteroatoms. The lowest BCUT2D eigenvalue weighted by molar-refractivity contribution is 0.269. The molecule has 0 saturated heterocycles. The van der Waals surface area contributed by atoms with Crippen molar-refractivity contribution < 1.29 is 0 Å². The van der Waals surface area contributed by atoms with E-state index >= 15 is 0 Å². The Labute approximate surface area is 95.3 Å². The zero-order valence-electron chi connectivity index (χ0n) is 9.71.